The van der Waals surface area contributed by atoms with E-state index in [1.54, 1.807) is 6.92 Å². The number of hydrogen-bond acceptors (Lipinski definition) is 14. The molecule has 0 spiro atoms. The topological polar surface area (TPSA) is 291 Å². The molecule has 53 heavy (non-hydrogen) atoms. The molecule has 9 N–H and O–H groups in total. The summed E-state index contributed by atoms with van der Waals surface area (Å²) < 4.78 is 14.3. The zero-order valence-corrected chi connectivity index (χ0v) is 29.5. The van der Waals surface area contributed by atoms with E-state index in [0.717, 1.165) is 41.2 Å². The molecule has 0 saturated carbocycles. The van der Waals surface area contributed by atoms with E-state index in [9.17, 15) is 53.6 Å². The van der Waals surface area contributed by atoms with Gasteiger partial charge in [0.2, 0.25) is 6.10 Å². The van der Waals surface area contributed by atoms with Crippen LogP contribution in [0, 0.1) is 5.82 Å². The van der Waals surface area contributed by atoms with Gasteiger partial charge in [-0.25, -0.2) is 19.0 Å². The first-order chi connectivity index (χ1) is 25.0. The van der Waals surface area contributed by atoms with Crippen molar-refractivity contribution in [2.75, 3.05) is 38.5 Å². The predicted octanol–water partition coefficient (Wildman–Crippen LogP) is 0.0919. The molecule has 2 aromatic rings. The Bertz CT molecular complexity index is 1890. The lowest BCUT2D eigenvalue weighted by molar-refractivity contribution is -0.911. The minimum absolute atomic E-state index is 0.0148. The second-order valence-electron chi connectivity index (χ2n) is 12.5. The number of likely N-dealkylation sites (tertiary alicyclic amines) is 1. The maximum absolute atomic E-state index is 13.9. The highest BCUT2D eigenvalue weighted by Gasteiger charge is 2.57. The molecule has 3 amide bonds. The van der Waals surface area contributed by atoms with E-state index in [0.29, 0.717) is 29.7 Å². The van der Waals surface area contributed by atoms with Crippen LogP contribution in [0.5, 0.6) is 11.5 Å². The number of aromatic hydroxyl groups is 2. The zero-order valence-electron chi connectivity index (χ0n) is 27.9. The van der Waals surface area contributed by atoms with Crippen LogP contribution in [-0.2, 0) is 28.8 Å². The Morgan fingerprint density at radius 3 is 2.45 bits per heavy atom. The molecule has 22 heteroatoms. The van der Waals surface area contributed by atoms with Crippen molar-refractivity contribution in [3.8, 4) is 11.5 Å². The summed E-state index contributed by atoms with van der Waals surface area (Å²) in [6.07, 6.45) is -1.29. The van der Waals surface area contributed by atoms with Crippen LogP contribution in [0.15, 0.2) is 33.9 Å². The Kier molecular flexibility index (Phi) is 11.4. The highest BCUT2D eigenvalue weighted by Crippen LogP contribution is 2.45. The lowest BCUT2D eigenvalue weighted by Crippen LogP contribution is -2.71. The number of phenols is 2. The molecule has 0 aliphatic carbocycles. The number of aliphatic carboxylic acids is 3. The van der Waals surface area contributed by atoms with Gasteiger partial charge in [-0.15, -0.1) is 23.1 Å². The number of aromatic nitrogens is 1. The number of nitrogen functional groups attached to an aromatic ring is 1. The number of thioether (sulfide) groups is 1. The van der Waals surface area contributed by atoms with Gasteiger partial charge >= 0.3 is 17.9 Å². The average molecular weight is 781 g/mol. The van der Waals surface area contributed by atoms with Gasteiger partial charge in [0.05, 0.1) is 32.6 Å². The van der Waals surface area contributed by atoms with Gasteiger partial charge in [-0.05, 0) is 19.1 Å². The number of carboxylic acid groups (broad SMARTS) is 3. The van der Waals surface area contributed by atoms with E-state index < -0.39 is 87.8 Å². The smallest absolute Gasteiger partial charge is 0.352 e. The van der Waals surface area contributed by atoms with Crippen LogP contribution < -0.4 is 16.4 Å². The fraction of sp³-hybridized carbons (Fsp3) is 0.419. The molecule has 4 heterocycles. The number of quaternary nitrogens is 1. The monoisotopic (exact) mass is 780 g/mol. The van der Waals surface area contributed by atoms with Gasteiger partial charge in [-0.3, -0.25) is 24.1 Å². The molecule has 4 atom stereocenters. The van der Waals surface area contributed by atoms with Crippen molar-refractivity contribution in [1.82, 2.24) is 20.5 Å². The lowest BCUT2D eigenvalue weighted by Gasteiger charge is -2.51. The predicted molar refractivity (Wildman–Crippen MR) is 183 cm³/mol. The zero-order chi connectivity index (χ0) is 38.8. The van der Waals surface area contributed by atoms with E-state index in [1.807, 2.05) is 0 Å². The molecule has 0 unspecified atom stereocenters. The number of hydrogen-bond donors (Lipinski definition) is 8. The van der Waals surface area contributed by atoms with E-state index in [-0.39, 0.29) is 35.2 Å². The van der Waals surface area contributed by atoms with Crippen molar-refractivity contribution < 1.29 is 68.0 Å². The Hall–Kier alpha value is -5.48. The average Bonchev–Trinajstić information content (AvgIpc) is 3.74. The van der Waals surface area contributed by atoms with Gasteiger partial charge in [0.15, 0.2) is 28.2 Å². The number of fused-ring (bicyclic) bond motifs is 1. The molecule has 284 valence electrons. The maximum atomic E-state index is 13.9. The number of anilines is 1. The highest BCUT2D eigenvalue weighted by atomic mass is 32.2. The second kappa shape index (κ2) is 15.6. The summed E-state index contributed by atoms with van der Waals surface area (Å²) in [5, 5.41) is 56.6. The number of nitrogens with zero attached hydrogens (tertiary/aromatic N) is 4. The van der Waals surface area contributed by atoms with Gasteiger partial charge < -0.3 is 51.2 Å². The number of halogens is 1. The highest BCUT2D eigenvalue weighted by molar-refractivity contribution is 8.00. The number of β-lactam (4-membered cyclic amide) rings is 1. The van der Waals surface area contributed by atoms with Gasteiger partial charge in [0.1, 0.15) is 29.4 Å². The minimum Gasteiger partial charge on any atom is -0.504 e. The van der Waals surface area contributed by atoms with Crippen molar-refractivity contribution in [2.24, 2.45) is 5.16 Å². The third-order valence-electron chi connectivity index (χ3n) is 9.00. The van der Waals surface area contributed by atoms with Crippen molar-refractivity contribution in [3.05, 3.63) is 45.9 Å². The Labute approximate surface area is 307 Å². The largest absolute Gasteiger partial charge is 0.504 e. The molecular weight excluding hydrogens is 746 g/mol. The molecule has 3 aliphatic rings. The fourth-order valence-corrected chi connectivity index (χ4v) is 8.35. The number of carbonyl (C=O) groups is 6. The van der Waals surface area contributed by atoms with E-state index >= 15 is 0 Å². The molecule has 1 aromatic carbocycles. The minimum atomic E-state index is -1.96. The third-order valence-corrected chi connectivity index (χ3v) is 11.1. The van der Waals surface area contributed by atoms with E-state index in [1.165, 1.54) is 17.1 Å². The Balaban J connectivity index is 1.32. The number of nitrogens with one attached hydrogen (secondary N) is 2. The van der Waals surface area contributed by atoms with Crippen LogP contribution in [0.2, 0.25) is 0 Å². The number of carboxylic acids is 3. The molecule has 0 bridgehead atoms. The van der Waals surface area contributed by atoms with E-state index in [2.05, 4.69) is 20.8 Å². The van der Waals surface area contributed by atoms with Crippen molar-refractivity contribution in [2.45, 2.75) is 49.0 Å². The Morgan fingerprint density at radius 2 is 1.87 bits per heavy atom. The first-order valence-corrected chi connectivity index (χ1v) is 17.8. The van der Waals surface area contributed by atoms with Crippen molar-refractivity contribution >= 4 is 69.6 Å². The van der Waals surface area contributed by atoms with Crippen molar-refractivity contribution in [1.29, 1.82) is 0 Å². The number of amides is 3. The second-order valence-corrected chi connectivity index (χ2v) is 14.9. The van der Waals surface area contributed by atoms with Crippen LogP contribution in [0.1, 0.15) is 42.2 Å². The quantitative estimate of drug-likeness (QED) is 0.0391. The fourth-order valence-electron chi connectivity index (χ4n) is 6.36. The molecule has 19 nitrogen and oxygen atoms in total. The van der Waals surface area contributed by atoms with Gasteiger partial charge in [0, 0.05) is 34.6 Å². The number of thiazole rings is 1. The summed E-state index contributed by atoms with van der Waals surface area (Å²) in [5.74, 6) is -9.92. The van der Waals surface area contributed by atoms with E-state index in [4.69, 9.17) is 15.7 Å². The molecule has 0 radical (unpaired) electrons. The van der Waals surface area contributed by atoms with Crippen molar-refractivity contribution in [3.63, 3.8) is 0 Å². The first-order valence-electron chi connectivity index (χ1n) is 16.0. The number of oxime groups is 1. The number of benzene rings is 1. The molecule has 1 aromatic heterocycles. The lowest BCUT2D eigenvalue weighted by atomic mass is 9.99. The number of nitrogens with two attached hydrogens (primary N) is 1. The summed E-state index contributed by atoms with van der Waals surface area (Å²) in [6, 6.07) is 0.484. The summed E-state index contributed by atoms with van der Waals surface area (Å²) in [6.45, 7) is 3.77. The van der Waals surface area contributed by atoms with Crippen LogP contribution >= 0.6 is 23.1 Å². The van der Waals surface area contributed by atoms with Crippen LogP contribution in [0.4, 0.5) is 9.52 Å². The molecular formula is C31H35FN7O12S2+. The third kappa shape index (κ3) is 8.28. The van der Waals surface area contributed by atoms with Crippen LogP contribution in [0.3, 0.4) is 0 Å². The maximum Gasteiger partial charge on any atom is 0.352 e. The first kappa shape index (κ1) is 38.7. The standard InChI is InChI=1S/C31H34FN7O12S2/c1-13-15(11-39(5-2-3-6-39)7-4-34-25(44)14-8-16(32)24(43)18(40)9-14)23(30(49)50)38-27(46)22(28(38)53-13)36-26(45)21(17-12-52-31(33)35-17)37-51-19(29(47)48)10-20(41)42/h8-9,12-13,19,22,28H,2-7,10-11H2,1H3,(H8-,33,34,35,36,37,40,41,42,43,44,45,47,48,49,50)/p+1/t13-,19-,22-,28+/m0/s1. The molecule has 5 rings (SSSR count). The molecule has 2 fully saturated rings. The van der Waals surface area contributed by atoms with Crippen LogP contribution in [-0.4, -0.2) is 137 Å². The van der Waals surface area contributed by atoms with Gasteiger partial charge in [-0.1, -0.05) is 5.16 Å². The molecule has 3 aliphatic heterocycles. The van der Waals surface area contributed by atoms with Crippen LogP contribution in [0.25, 0.3) is 0 Å². The SMILES string of the molecule is C[C@@H]1S[C@@H]2[C@@H](NC(=O)/C(=N\O[C@@H](CC(=O)O)C(=O)O)c3csc(N)n3)C(=O)N2C(C(=O)O)=C1C[N+]1(CCNC(=O)c2cc(O)c(O)c(F)c2)CCCC1. The number of rotatable bonds is 15. The summed E-state index contributed by atoms with van der Waals surface area (Å²) in [4.78, 5) is 84.9. The Morgan fingerprint density at radius 1 is 1.17 bits per heavy atom. The normalized spacial score (nSPS) is 21.3. The number of carbonyl (C=O) groups excluding carboxylic acids is 3. The summed E-state index contributed by atoms with van der Waals surface area (Å²) in [5.41, 5.74) is 4.99. The van der Waals surface area contributed by atoms with Gasteiger partial charge in [-0.2, -0.15) is 0 Å². The summed E-state index contributed by atoms with van der Waals surface area (Å²) in [7, 11) is 0. The number of phenolic OH excluding ortho intramolecular Hbond substituents is 2. The molecule has 2 saturated heterocycles. The van der Waals surface area contributed by atoms with Gasteiger partial charge in [0.25, 0.3) is 17.7 Å². The summed E-state index contributed by atoms with van der Waals surface area (Å²) >= 11 is 2.15.